The molecule has 0 aromatic heterocycles. The van der Waals surface area contributed by atoms with Gasteiger partial charge in [-0.1, -0.05) is 24.3 Å². The first-order chi connectivity index (χ1) is 12.2. The van der Waals surface area contributed by atoms with Gasteiger partial charge in [0.2, 0.25) is 0 Å². The van der Waals surface area contributed by atoms with E-state index in [0.29, 0.717) is 24.7 Å². The average molecular weight is 384 g/mol. The summed E-state index contributed by atoms with van der Waals surface area (Å²) in [4.78, 5) is 0. The highest BCUT2D eigenvalue weighted by molar-refractivity contribution is 5.85. The van der Waals surface area contributed by atoms with E-state index >= 15 is 0 Å². The molecule has 2 N–H and O–H groups in total. The predicted octanol–water partition coefficient (Wildman–Crippen LogP) is 4.09. The molecule has 0 radical (unpaired) electrons. The summed E-state index contributed by atoms with van der Waals surface area (Å²) in [6.45, 7) is 2.16. The van der Waals surface area contributed by atoms with E-state index in [1.54, 1.807) is 19.2 Å². The molecule has 2 rings (SSSR count). The molecule has 0 bridgehead atoms. The third-order valence-corrected chi connectivity index (χ3v) is 3.90. The molecule has 0 saturated carbocycles. The summed E-state index contributed by atoms with van der Waals surface area (Å²) in [5.74, 6) is 1.13. The second kappa shape index (κ2) is 12.5. The molecule has 0 aliphatic carbocycles. The number of para-hydroxylation sites is 1. The fourth-order valence-electron chi connectivity index (χ4n) is 2.52. The molecule has 0 aliphatic rings. The Morgan fingerprint density at radius 1 is 1.04 bits per heavy atom. The van der Waals surface area contributed by atoms with Crippen LogP contribution < -0.4 is 14.8 Å². The maximum atomic E-state index is 13.0. The topological polar surface area (TPSA) is 50.7 Å². The van der Waals surface area contributed by atoms with Gasteiger partial charge in [-0.05, 0) is 49.6 Å². The van der Waals surface area contributed by atoms with Crippen LogP contribution in [-0.4, -0.2) is 25.4 Å². The average Bonchev–Trinajstić information content (AvgIpc) is 2.64. The maximum Gasteiger partial charge on any atom is 0.166 e. The quantitative estimate of drug-likeness (QED) is 0.574. The second-order valence-corrected chi connectivity index (χ2v) is 5.82. The van der Waals surface area contributed by atoms with Gasteiger partial charge in [-0.3, -0.25) is 0 Å². The SMILES string of the molecule is COc1cccc(CNCCCCCO)c1OCc1ccc(F)cc1.Cl. The highest BCUT2D eigenvalue weighted by atomic mass is 35.5. The van der Waals surface area contributed by atoms with E-state index in [2.05, 4.69) is 5.32 Å². The number of benzene rings is 2. The Labute approximate surface area is 160 Å². The molecule has 0 heterocycles. The molecule has 6 heteroatoms. The molecular weight excluding hydrogens is 357 g/mol. The van der Waals surface area contributed by atoms with Crippen LogP contribution in [0.5, 0.6) is 11.5 Å². The van der Waals surface area contributed by atoms with Crippen molar-refractivity contribution in [3.63, 3.8) is 0 Å². The van der Waals surface area contributed by atoms with Gasteiger partial charge in [0.05, 0.1) is 7.11 Å². The highest BCUT2D eigenvalue weighted by Crippen LogP contribution is 2.31. The lowest BCUT2D eigenvalue weighted by Crippen LogP contribution is -2.16. The van der Waals surface area contributed by atoms with Gasteiger partial charge < -0.3 is 19.9 Å². The molecule has 4 nitrogen and oxygen atoms in total. The van der Waals surface area contributed by atoms with Crippen molar-refractivity contribution in [3.05, 3.63) is 59.4 Å². The fraction of sp³-hybridized carbons (Fsp3) is 0.400. The van der Waals surface area contributed by atoms with Gasteiger partial charge in [0.1, 0.15) is 12.4 Å². The molecule has 2 aromatic rings. The lowest BCUT2D eigenvalue weighted by Gasteiger charge is -2.16. The first kappa shape index (κ1) is 22.2. The number of unbranched alkanes of at least 4 members (excludes halogenated alkanes) is 2. The molecule has 26 heavy (non-hydrogen) atoms. The lowest BCUT2D eigenvalue weighted by atomic mass is 10.1. The Morgan fingerprint density at radius 2 is 1.81 bits per heavy atom. The summed E-state index contributed by atoms with van der Waals surface area (Å²) in [5, 5.41) is 12.2. The van der Waals surface area contributed by atoms with Crippen LogP contribution in [0.1, 0.15) is 30.4 Å². The van der Waals surface area contributed by atoms with Crippen LogP contribution in [0.2, 0.25) is 0 Å². The molecule has 0 fully saturated rings. The number of rotatable bonds is 11. The Bertz CT molecular complexity index is 637. The Hall–Kier alpha value is -1.82. The third kappa shape index (κ3) is 7.20. The number of aliphatic hydroxyl groups is 1. The minimum absolute atomic E-state index is 0. The van der Waals surface area contributed by atoms with Crippen LogP contribution >= 0.6 is 12.4 Å². The Kier molecular flexibility index (Phi) is 10.7. The zero-order valence-electron chi connectivity index (χ0n) is 15.0. The van der Waals surface area contributed by atoms with Crippen molar-refractivity contribution in [1.29, 1.82) is 0 Å². The smallest absolute Gasteiger partial charge is 0.166 e. The molecule has 0 saturated heterocycles. The normalized spacial score (nSPS) is 10.3. The van der Waals surface area contributed by atoms with Crippen molar-refractivity contribution in [1.82, 2.24) is 5.32 Å². The van der Waals surface area contributed by atoms with Gasteiger partial charge in [-0.25, -0.2) is 4.39 Å². The molecule has 0 spiro atoms. The molecule has 0 amide bonds. The third-order valence-electron chi connectivity index (χ3n) is 3.90. The van der Waals surface area contributed by atoms with Crippen LogP contribution in [0.25, 0.3) is 0 Å². The second-order valence-electron chi connectivity index (χ2n) is 5.82. The van der Waals surface area contributed by atoms with E-state index in [1.807, 2.05) is 18.2 Å². The fourth-order valence-corrected chi connectivity index (χ4v) is 2.52. The lowest BCUT2D eigenvalue weighted by molar-refractivity contribution is 0.279. The summed E-state index contributed by atoms with van der Waals surface area (Å²) in [7, 11) is 1.62. The van der Waals surface area contributed by atoms with Gasteiger partial charge in [0.15, 0.2) is 11.5 Å². The Balaban J connectivity index is 0.00000338. The maximum absolute atomic E-state index is 13.0. The van der Waals surface area contributed by atoms with Crippen molar-refractivity contribution >= 4 is 12.4 Å². The minimum Gasteiger partial charge on any atom is -0.493 e. The summed E-state index contributed by atoms with van der Waals surface area (Å²) < 4.78 is 24.4. The summed E-state index contributed by atoms with van der Waals surface area (Å²) in [6, 6.07) is 12.1. The predicted molar refractivity (Wildman–Crippen MR) is 104 cm³/mol. The minimum atomic E-state index is -0.257. The summed E-state index contributed by atoms with van der Waals surface area (Å²) >= 11 is 0. The molecule has 0 unspecified atom stereocenters. The van der Waals surface area contributed by atoms with E-state index in [9.17, 15) is 4.39 Å². The van der Waals surface area contributed by atoms with Crippen molar-refractivity contribution < 1.29 is 19.0 Å². The molecule has 0 atom stereocenters. The zero-order chi connectivity index (χ0) is 17.9. The molecule has 2 aromatic carbocycles. The molecular formula is C20H27ClFNO3. The number of halogens is 2. The van der Waals surface area contributed by atoms with Crippen molar-refractivity contribution in [3.8, 4) is 11.5 Å². The van der Waals surface area contributed by atoms with E-state index in [-0.39, 0.29) is 24.8 Å². The van der Waals surface area contributed by atoms with Gasteiger partial charge >= 0.3 is 0 Å². The number of nitrogens with one attached hydrogen (secondary N) is 1. The number of hydrogen-bond acceptors (Lipinski definition) is 4. The van der Waals surface area contributed by atoms with Crippen molar-refractivity contribution in [2.75, 3.05) is 20.3 Å². The number of aliphatic hydroxyl groups excluding tert-OH is 1. The first-order valence-corrected chi connectivity index (χ1v) is 8.59. The van der Waals surface area contributed by atoms with E-state index < -0.39 is 0 Å². The number of methoxy groups -OCH3 is 1. The van der Waals surface area contributed by atoms with E-state index in [4.69, 9.17) is 14.6 Å². The van der Waals surface area contributed by atoms with Crippen molar-refractivity contribution in [2.45, 2.75) is 32.4 Å². The van der Waals surface area contributed by atoms with Gasteiger partial charge in [-0.2, -0.15) is 0 Å². The van der Waals surface area contributed by atoms with Gasteiger partial charge in [-0.15, -0.1) is 12.4 Å². The van der Waals surface area contributed by atoms with Crippen LogP contribution in [0.3, 0.4) is 0 Å². The first-order valence-electron chi connectivity index (χ1n) is 8.59. The van der Waals surface area contributed by atoms with Crippen LogP contribution in [-0.2, 0) is 13.2 Å². The number of ether oxygens (including phenoxy) is 2. The van der Waals surface area contributed by atoms with Gasteiger partial charge in [0.25, 0.3) is 0 Å². The van der Waals surface area contributed by atoms with Crippen molar-refractivity contribution in [2.24, 2.45) is 0 Å². The standard InChI is InChI=1S/C20H26FNO3.ClH/c1-24-19-7-5-6-17(14-22-12-3-2-4-13-23)20(19)25-15-16-8-10-18(21)11-9-16;/h5-11,22-23H,2-4,12-15H2,1H3;1H. The molecule has 0 aliphatic heterocycles. The van der Waals surface area contributed by atoms with Crippen LogP contribution in [0, 0.1) is 5.82 Å². The number of hydrogen-bond donors (Lipinski definition) is 2. The monoisotopic (exact) mass is 383 g/mol. The van der Waals surface area contributed by atoms with E-state index in [1.165, 1.54) is 12.1 Å². The summed E-state index contributed by atoms with van der Waals surface area (Å²) in [5.41, 5.74) is 1.92. The zero-order valence-corrected chi connectivity index (χ0v) is 15.9. The van der Waals surface area contributed by atoms with Crippen LogP contribution in [0.15, 0.2) is 42.5 Å². The molecule has 144 valence electrons. The Morgan fingerprint density at radius 3 is 2.50 bits per heavy atom. The van der Waals surface area contributed by atoms with Gasteiger partial charge in [0, 0.05) is 18.7 Å². The highest BCUT2D eigenvalue weighted by Gasteiger charge is 2.10. The largest absolute Gasteiger partial charge is 0.493 e. The van der Waals surface area contributed by atoms with Crippen LogP contribution in [0.4, 0.5) is 4.39 Å². The summed E-state index contributed by atoms with van der Waals surface area (Å²) in [6.07, 6.45) is 2.87. The van der Waals surface area contributed by atoms with E-state index in [0.717, 1.165) is 36.9 Å².